The first-order valence-electron chi connectivity index (χ1n) is 5.74. The van der Waals surface area contributed by atoms with Crippen LogP contribution in [-0.4, -0.2) is 4.98 Å². The first-order valence-corrected chi connectivity index (χ1v) is 5.74. The summed E-state index contributed by atoms with van der Waals surface area (Å²) in [5.74, 6) is 0.706. The van der Waals surface area contributed by atoms with Crippen LogP contribution < -0.4 is 10.5 Å². The first-order chi connectivity index (χ1) is 9.20. The molecule has 1 aromatic heterocycles. The summed E-state index contributed by atoms with van der Waals surface area (Å²) in [6, 6.07) is 11.0. The molecule has 0 aliphatic heterocycles. The standard InChI is InChI=1S/C14H11FN2O2/c15-9-1-4-11(5-2-9)18-8-14-17-12-7-10(16)3-6-13(12)19-14/h1-7H,8,16H2. The fraction of sp³-hybridized carbons (Fsp3) is 0.0714. The number of aromatic nitrogens is 1. The lowest BCUT2D eigenvalue weighted by molar-refractivity contribution is 0.267. The maximum Gasteiger partial charge on any atom is 0.233 e. The molecule has 96 valence electrons. The summed E-state index contributed by atoms with van der Waals surface area (Å²) in [5, 5.41) is 0. The molecule has 0 amide bonds. The van der Waals surface area contributed by atoms with Gasteiger partial charge in [0.1, 0.15) is 17.1 Å². The predicted molar refractivity (Wildman–Crippen MR) is 69.2 cm³/mol. The highest BCUT2D eigenvalue weighted by atomic mass is 19.1. The van der Waals surface area contributed by atoms with Gasteiger partial charge in [-0.1, -0.05) is 0 Å². The van der Waals surface area contributed by atoms with E-state index in [2.05, 4.69) is 4.98 Å². The number of halogens is 1. The van der Waals surface area contributed by atoms with Crippen LogP contribution in [0.2, 0.25) is 0 Å². The van der Waals surface area contributed by atoms with Crippen molar-refractivity contribution in [3.05, 3.63) is 54.2 Å². The van der Waals surface area contributed by atoms with Gasteiger partial charge in [-0.3, -0.25) is 0 Å². The topological polar surface area (TPSA) is 61.3 Å². The van der Waals surface area contributed by atoms with Crippen LogP contribution in [0.25, 0.3) is 11.1 Å². The molecule has 0 bridgehead atoms. The van der Waals surface area contributed by atoms with Gasteiger partial charge in [0.25, 0.3) is 0 Å². The Bertz CT molecular complexity index is 707. The van der Waals surface area contributed by atoms with Crippen molar-refractivity contribution >= 4 is 16.8 Å². The number of hydrogen-bond acceptors (Lipinski definition) is 4. The molecule has 0 saturated carbocycles. The van der Waals surface area contributed by atoms with Gasteiger partial charge in [0.15, 0.2) is 12.2 Å². The van der Waals surface area contributed by atoms with Gasteiger partial charge in [-0.15, -0.1) is 0 Å². The molecular weight excluding hydrogens is 247 g/mol. The summed E-state index contributed by atoms with van der Waals surface area (Å²) < 4.78 is 23.7. The second kappa shape index (κ2) is 4.61. The number of oxazole rings is 1. The second-order valence-corrected chi connectivity index (χ2v) is 4.08. The third-order valence-electron chi connectivity index (χ3n) is 2.63. The zero-order valence-corrected chi connectivity index (χ0v) is 9.97. The van der Waals surface area contributed by atoms with Crippen molar-refractivity contribution < 1.29 is 13.5 Å². The van der Waals surface area contributed by atoms with E-state index in [1.165, 1.54) is 12.1 Å². The van der Waals surface area contributed by atoms with Crippen LogP contribution in [0.3, 0.4) is 0 Å². The van der Waals surface area contributed by atoms with Gasteiger partial charge in [-0.05, 0) is 42.5 Å². The van der Waals surface area contributed by atoms with Gasteiger partial charge < -0.3 is 14.9 Å². The van der Waals surface area contributed by atoms with E-state index in [1.807, 2.05) is 0 Å². The number of nitrogen functional groups attached to an aromatic ring is 1. The highest BCUT2D eigenvalue weighted by Crippen LogP contribution is 2.19. The molecule has 3 rings (SSSR count). The van der Waals surface area contributed by atoms with Gasteiger partial charge in [0.05, 0.1) is 0 Å². The van der Waals surface area contributed by atoms with E-state index >= 15 is 0 Å². The van der Waals surface area contributed by atoms with Crippen LogP contribution in [0.5, 0.6) is 5.75 Å². The van der Waals surface area contributed by atoms with Crippen molar-refractivity contribution in [1.82, 2.24) is 4.98 Å². The summed E-state index contributed by atoms with van der Waals surface area (Å²) in [6.07, 6.45) is 0. The summed E-state index contributed by atoms with van der Waals surface area (Å²) in [4.78, 5) is 4.26. The first kappa shape index (κ1) is 11.5. The molecule has 0 saturated heterocycles. The monoisotopic (exact) mass is 258 g/mol. The van der Waals surface area contributed by atoms with Gasteiger partial charge in [0.2, 0.25) is 5.89 Å². The molecule has 0 unspecified atom stereocenters. The van der Waals surface area contributed by atoms with Crippen LogP contribution in [0, 0.1) is 5.82 Å². The van der Waals surface area contributed by atoms with Crippen LogP contribution in [-0.2, 0) is 6.61 Å². The SMILES string of the molecule is Nc1ccc2oc(COc3ccc(F)cc3)nc2c1. The molecule has 4 nitrogen and oxygen atoms in total. The number of anilines is 1. The molecule has 3 aromatic rings. The molecule has 2 N–H and O–H groups in total. The maximum atomic E-state index is 12.7. The van der Waals surface area contributed by atoms with E-state index < -0.39 is 0 Å². The Morgan fingerprint density at radius 1 is 1.16 bits per heavy atom. The molecule has 0 fully saturated rings. The summed E-state index contributed by atoms with van der Waals surface area (Å²) in [7, 11) is 0. The molecule has 0 aliphatic carbocycles. The minimum Gasteiger partial charge on any atom is -0.484 e. The molecule has 5 heteroatoms. The number of rotatable bonds is 3. The highest BCUT2D eigenvalue weighted by molar-refractivity contribution is 5.76. The Kier molecular flexibility index (Phi) is 2.79. The summed E-state index contributed by atoms with van der Waals surface area (Å²) >= 11 is 0. The number of ether oxygens (including phenoxy) is 1. The van der Waals surface area contributed by atoms with Crippen molar-refractivity contribution in [2.45, 2.75) is 6.61 Å². The molecule has 19 heavy (non-hydrogen) atoms. The Labute approximate surface area is 108 Å². The van der Waals surface area contributed by atoms with E-state index in [-0.39, 0.29) is 12.4 Å². The van der Waals surface area contributed by atoms with Gasteiger partial charge in [0, 0.05) is 5.69 Å². The molecule has 1 heterocycles. The molecule has 0 aliphatic rings. The number of hydrogen-bond donors (Lipinski definition) is 1. The van der Waals surface area contributed by atoms with E-state index in [0.717, 1.165) is 0 Å². The minimum atomic E-state index is -0.301. The smallest absolute Gasteiger partial charge is 0.233 e. The van der Waals surface area contributed by atoms with E-state index in [4.69, 9.17) is 14.9 Å². The van der Waals surface area contributed by atoms with E-state index in [0.29, 0.717) is 28.4 Å². The fourth-order valence-electron chi connectivity index (χ4n) is 1.73. The largest absolute Gasteiger partial charge is 0.484 e. The fourth-order valence-corrected chi connectivity index (χ4v) is 1.73. The van der Waals surface area contributed by atoms with Gasteiger partial charge in [-0.25, -0.2) is 9.37 Å². The van der Waals surface area contributed by atoms with Crippen molar-refractivity contribution in [3.63, 3.8) is 0 Å². The number of fused-ring (bicyclic) bond motifs is 1. The third kappa shape index (κ3) is 2.49. The normalized spacial score (nSPS) is 10.8. The van der Waals surface area contributed by atoms with Gasteiger partial charge >= 0.3 is 0 Å². The average Bonchev–Trinajstić information content (AvgIpc) is 2.80. The highest BCUT2D eigenvalue weighted by Gasteiger charge is 2.06. The Morgan fingerprint density at radius 2 is 1.95 bits per heavy atom. The third-order valence-corrected chi connectivity index (χ3v) is 2.63. The minimum absolute atomic E-state index is 0.181. The molecule has 0 radical (unpaired) electrons. The number of nitrogens with two attached hydrogens (primary N) is 1. The molecule has 2 aromatic carbocycles. The predicted octanol–water partition coefficient (Wildman–Crippen LogP) is 3.13. The van der Waals surface area contributed by atoms with Crippen molar-refractivity contribution in [3.8, 4) is 5.75 Å². The lowest BCUT2D eigenvalue weighted by Crippen LogP contribution is -1.95. The quantitative estimate of drug-likeness (QED) is 0.733. The zero-order valence-electron chi connectivity index (χ0n) is 9.97. The second-order valence-electron chi connectivity index (χ2n) is 4.08. The van der Waals surface area contributed by atoms with Crippen LogP contribution in [0.15, 0.2) is 46.9 Å². The maximum absolute atomic E-state index is 12.7. The molecule has 0 atom stereocenters. The zero-order chi connectivity index (χ0) is 13.2. The number of benzene rings is 2. The summed E-state index contributed by atoms with van der Waals surface area (Å²) in [6.45, 7) is 0.181. The summed E-state index contributed by atoms with van der Waals surface area (Å²) in [5.41, 5.74) is 7.65. The Balaban J connectivity index is 1.76. The van der Waals surface area contributed by atoms with Crippen LogP contribution >= 0.6 is 0 Å². The van der Waals surface area contributed by atoms with E-state index in [9.17, 15) is 4.39 Å². The van der Waals surface area contributed by atoms with Crippen LogP contribution in [0.1, 0.15) is 5.89 Å². The Hall–Kier alpha value is -2.56. The lowest BCUT2D eigenvalue weighted by atomic mass is 10.3. The lowest BCUT2D eigenvalue weighted by Gasteiger charge is -2.02. The average molecular weight is 258 g/mol. The van der Waals surface area contributed by atoms with E-state index in [1.54, 1.807) is 30.3 Å². The molecular formula is C14H11FN2O2. The Morgan fingerprint density at radius 3 is 2.74 bits per heavy atom. The van der Waals surface area contributed by atoms with Crippen molar-refractivity contribution in [2.75, 3.05) is 5.73 Å². The van der Waals surface area contributed by atoms with Crippen molar-refractivity contribution in [2.24, 2.45) is 0 Å². The van der Waals surface area contributed by atoms with Crippen molar-refractivity contribution in [1.29, 1.82) is 0 Å². The molecule has 0 spiro atoms. The van der Waals surface area contributed by atoms with Crippen LogP contribution in [0.4, 0.5) is 10.1 Å². The van der Waals surface area contributed by atoms with Gasteiger partial charge in [-0.2, -0.15) is 0 Å². The number of nitrogens with zero attached hydrogens (tertiary/aromatic N) is 1.